The highest BCUT2D eigenvalue weighted by atomic mass is 16.5. The summed E-state index contributed by atoms with van der Waals surface area (Å²) in [6.45, 7) is 0. The number of allylic oxidation sites excluding steroid dienone is 1. The normalized spacial score (nSPS) is 21.9. The van der Waals surface area contributed by atoms with Gasteiger partial charge in [-0.25, -0.2) is 0 Å². The van der Waals surface area contributed by atoms with Crippen LogP contribution < -0.4 is 5.73 Å². The Morgan fingerprint density at radius 3 is 2.95 bits per heavy atom. The predicted molar refractivity (Wildman–Crippen MR) is 74.0 cm³/mol. The molecule has 0 saturated heterocycles. The van der Waals surface area contributed by atoms with E-state index < -0.39 is 0 Å². The molecule has 0 fully saturated rings. The number of benzene rings is 1. The topological polar surface area (TPSA) is 78.1 Å². The van der Waals surface area contributed by atoms with Gasteiger partial charge in [-0.05, 0) is 12.5 Å². The van der Waals surface area contributed by atoms with Gasteiger partial charge in [0.05, 0.1) is 11.5 Å². The molecule has 0 aliphatic heterocycles. The van der Waals surface area contributed by atoms with Crippen molar-refractivity contribution < 1.29 is 8.94 Å². The first-order valence-electron chi connectivity index (χ1n) is 6.55. The van der Waals surface area contributed by atoms with Gasteiger partial charge in [0, 0.05) is 11.4 Å². The summed E-state index contributed by atoms with van der Waals surface area (Å²) in [5, 5.41) is 5.04. The monoisotopic (exact) mass is 267 g/mol. The second-order valence-corrected chi connectivity index (χ2v) is 4.99. The third-order valence-electron chi connectivity index (χ3n) is 3.60. The number of rotatable bonds is 2. The molecule has 0 spiro atoms. The lowest BCUT2D eigenvalue weighted by atomic mass is 10.1. The first-order chi connectivity index (χ1) is 9.81. The molecule has 2 heterocycles. The van der Waals surface area contributed by atoms with Gasteiger partial charge in [0.2, 0.25) is 11.7 Å². The number of hydrogen-bond donors (Lipinski definition) is 1. The lowest BCUT2D eigenvalue weighted by Crippen LogP contribution is -2.14. The fourth-order valence-corrected chi connectivity index (χ4v) is 2.56. The number of fused-ring (bicyclic) bond motifs is 1. The first-order valence-corrected chi connectivity index (χ1v) is 6.55. The molecule has 1 aliphatic rings. The number of nitrogens with two attached hydrogens (primary N) is 1. The SMILES string of the molecule is NC1C=CC(c2nc(-c3coc4ccccc34)no2)C1. The maximum Gasteiger partial charge on any atom is 0.233 e. The van der Waals surface area contributed by atoms with Gasteiger partial charge in [0.1, 0.15) is 11.8 Å². The summed E-state index contributed by atoms with van der Waals surface area (Å²) in [5.74, 6) is 1.28. The lowest BCUT2D eigenvalue weighted by molar-refractivity contribution is 0.365. The fraction of sp³-hybridized carbons (Fsp3) is 0.200. The van der Waals surface area contributed by atoms with E-state index in [9.17, 15) is 0 Å². The van der Waals surface area contributed by atoms with Crippen molar-refractivity contribution in [2.45, 2.75) is 18.4 Å². The van der Waals surface area contributed by atoms with Crippen LogP contribution in [0.5, 0.6) is 0 Å². The number of aromatic nitrogens is 2. The Morgan fingerprint density at radius 2 is 2.10 bits per heavy atom. The van der Waals surface area contributed by atoms with Crippen molar-refractivity contribution in [2.75, 3.05) is 0 Å². The zero-order chi connectivity index (χ0) is 13.5. The van der Waals surface area contributed by atoms with E-state index in [2.05, 4.69) is 10.1 Å². The highest BCUT2D eigenvalue weighted by Crippen LogP contribution is 2.31. The summed E-state index contributed by atoms with van der Waals surface area (Å²) >= 11 is 0. The molecular formula is C15H13N3O2. The molecule has 5 nitrogen and oxygen atoms in total. The summed E-state index contributed by atoms with van der Waals surface area (Å²) in [7, 11) is 0. The van der Waals surface area contributed by atoms with E-state index in [4.69, 9.17) is 14.7 Å². The highest BCUT2D eigenvalue weighted by Gasteiger charge is 2.24. The molecule has 100 valence electrons. The number of nitrogens with zero attached hydrogens (tertiary/aromatic N) is 2. The Bertz CT molecular complexity index is 787. The molecule has 0 radical (unpaired) electrons. The first kappa shape index (κ1) is 11.4. The molecule has 1 aromatic carbocycles. The van der Waals surface area contributed by atoms with Crippen molar-refractivity contribution in [1.82, 2.24) is 10.1 Å². The summed E-state index contributed by atoms with van der Waals surface area (Å²) in [5.41, 5.74) is 7.51. The van der Waals surface area contributed by atoms with Gasteiger partial charge in [-0.3, -0.25) is 0 Å². The largest absolute Gasteiger partial charge is 0.464 e. The molecule has 3 aromatic rings. The third kappa shape index (κ3) is 1.75. The van der Waals surface area contributed by atoms with Crippen LogP contribution in [-0.2, 0) is 0 Å². The van der Waals surface area contributed by atoms with Crippen molar-refractivity contribution in [3.05, 3.63) is 48.6 Å². The van der Waals surface area contributed by atoms with Crippen LogP contribution in [0, 0.1) is 0 Å². The van der Waals surface area contributed by atoms with E-state index in [1.165, 1.54) is 0 Å². The molecule has 5 heteroatoms. The minimum absolute atomic E-state index is 0.0742. The van der Waals surface area contributed by atoms with E-state index in [0.717, 1.165) is 23.0 Å². The summed E-state index contributed by atoms with van der Waals surface area (Å²) in [6, 6.07) is 7.86. The van der Waals surface area contributed by atoms with Crippen LogP contribution in [0.15, 0.2) is 51.6 Å². The molecule has 2 N–H and O–H groups in total. The lowest BCUT2D eigenvalue weighted by Gasteiger charge is -2.01. The van der Waals surface area contributed by atoms with Gasteiger partial charge >= 0.3 is 0 Å². The van der Waals surface area contributed by atoms with Gasteiger partial charge in [0.25, 0.3) is 0 Å². The van der Waals surface area contributed by atoms with Crippen LogP contribution in [0.1, 0.15) is 18.2 Å². The molecule has 20 heavy (non-hydrogen) atoms. The van der Waals surface area contributed by atoms with Gasteiger partial charge in [0.15, 0.2) is 0 Å². The maximum absolute atomic E-state index is 5.85. The summed E-state index contributed by atoms with van der Waals surface area (Å²) in [6.07, 6.45) is 6.47. The molecular weight excluding hydrogens is 254 g/mol. The van der Waals surface area contributed by atoms with Crippen molar-refractivity contribution in [3.8, 4) is 11.4 Å². The number of hydrogen-bond acceptors (Lipinski definition) is 5. The summed E-state index contributed by atoms with van der Waals surface area (Å²) < 4.78 is 10.9. The van der Waals surface area contributed by atoms with E-state index in [-0.39, 0.29) is 12.0 Å². The average molecular weight is 267 g/mol. The van der Waals surface area contributed by atoms with E-state index >= 15 is 0 Å². The Labute approximate surface area is 115 Å². The second kappa shape index (κ2) is 4.31. The average Bonchev–Trinajstić information content (AvgIpc) is 3.15. The number of para-hydroxylation sites is 1. The fourth-order valence-electron chi connectivity index (χ4n) is 2.56. The van der Waals surface area contributed by atoms with Crippen LogP contribution in [0.3, 0.4) is 0 Å². The molecule has 0 bridgehead atoms. The highest BCUT2D eigenvalue weighted by molar-refractivity contribution is 5.91. The molecule has 0 saturated carbocycles. The smallest absolute Gasteiger partial charge is 0.233 e. The second-order valence-electron chi connectivity index (χ2n) is 4.99. The van der Waals surface area contributed by atoms with Crippen molar-refractivity contribution in [2.24, 2.45) is 5.73 Å². The van der Waals surface area contributed by atoms with Gasteiger partial charge in [-0.2, -0.15) is 4.98 Å². The van der Waals surface area contributed by atoms with Gasteiger partial charge < -0.3 is 14.7 Å². The molecule has 0 amide bonds. The molecule has 1 aliphatic carbocycles. The molecule has 2 unspecified atom stereocenters. The van der Waals surface area contributed by atoms with Gasteiger partial charge in [-0.15, -0.1) is 0 Å². The standard InChI is InChI=1S/C15H13N3O2/c16-10-6-5-9(7-10)15-17-14(18-20-15)12-8-19-13-4-2-1-3-11(12)13/h1-6,8-10H,7,16H2. The summed E-state index contributed by atoms with van der Waals surface area (Å²) in [4.78, 5) is 4.47. The Balaban J connectivity index is 1.73. The zero-order valence-electron chi connectivity index (χ0n) is 10.7. The van der Waals surface area contributed by atoms with Crippen molar-refractivity contribution in [1.29, 1.82) is 0 Å². The Hall–Kier alpha value is -2.40. The van der Waals surface area contributed by atoms with Crippen LogP contribution >= 0.6 is 0 Å². The van der Waals surface area contributed by atoms with Crippen LogP contribution in [0.2, 0.25) is 0 Å². The third-order valence-corrected chi connectivity index (χ3v) is 3.60. The molecule has 4 rings (SSSR count). The van der Waals surface area contributed by atoms with Crippen molar-refractivity contribution in [3.63, 3.8) is 0 Å². The van der Waals surface area contributed by atoms with E-state index in [1.807, 2.05) is 36.4 Å². The van der Waals surface area contributed by atoms with Gasteiger partial charge in [-0.1, -0.05) is 35.5 Å². The van der Waals surface area contributed by atoms with E-state index in [1.54, 1.807) is 6.26 Å². The predicted octanol–water partition coefficient (Wildman–Crippen LogP) is 2.85. The zero-order valence-corrected chi connectivity index (χ0v) is 10.7. The number of furan rings is 1. The molecule has 2 aromatic heterocycles. The quantitative estimate of drug-likeness (QED) is 0.722. The molecule has 2 atom stereocenters. The van der Waals surface area contributed by atoms with Crippen LogP contribution in [0.25, 0.3) is 22.4 Å². The minimum Gasteiger partial charge on any atom is -0.464 e. The van der Waals surface area contributed by atoms with Crippen LogP contribution in [-0.4, -0.2) is 16.2 Å². The van der Waals surface area contributed by atoms with E-state index in [0.29, 0.717) is 11.7 Å². The Morgan fingerprint density at radius 1 is 1.20 bits per heavy atom. The minimum atomic E-state index is 0.0742. The van der Waals surface area contributed by atoms with Crippen LogP contribution in [0.4, 0.5) is 0 Å². The maximum atomic E-state index is 5.85. The van der Waals surface area contributed by atoms with Crippen molar-refractivity contribution >= 4 is 11.0 Å². The Kier molecular flexibility index (Phi) is 2.47.